The number of hydrogen-bond acceptors (Lipinski definition) is 2. The van der Waals surface area contributed by atoms with Gasteiger partial charge in [0.25, 0.3) is 0 Å². The van der Waals surface area contributed by atoms with Crippen molar-refractivity contribution in [2.75, 3.05) is 0 Å². The smallest absolute Gasteiger partial charge is 0.234 e. The first kappa shape index (κ1) is 13.2. The third-order valence-electron chi connectivity index (χ3n) is 2.74. The molecule has 0 saturated carbocycles. The first-order chi connectivity index (χ1) is 7.47. The van der Waals surface area contributed by atoms with Crippen molar-refractivity contribution in [3.05, 3.63) is 17.0 Å². The van der Waals surface area contributed by atoms with Crippen LogP contribution in [0, 0.1) is 13.8 Å². The molecule has 4 nitrogen and oxygen atoms in total. The normalized spacial score (nSPS) is 12.6. The summed E-state index contributed by atoms with van der Waals surface area (Å²) in [6, 6.07) is 0. The second kappa shape index (κ2) is 5.48. The molecule has 1 unspecified atom stereocenters. The predicted octanol–water partition coefficient (Wildman–Crippen LogP) is 1.83. The number of aryl methyl sites for hydroxylation is 2. The summed E-state index contributed by atoms with van der Waals surface area (Å²) in [5, 5.41) is 7.21. The molecule has 0 fully saturated rings. The standard InChI is InChI=1S/C11H18BrN3O/c1-5-10(12)11(16)13-6-9-7(2)14-15(4)8(9)3/h10H,5-6H2,1-4H3,(H,13,16). The minimum absolute atomic E-state index is 0.0325. The van der Waals surface area contributed by atoms with Gasteiger partial charge in [-0.25, -0.2) is 0 Å². The quantitative estimate of drug-likeness (QED) is 0.859. The summed E-state index contributed by atoms with van der Waals surface area (Å²) in [4.78, 5) is 11.5. The van der Waals surface area contributed by atoms with Crippen molar-refractivity contribution in [2.24, 2.45) is 7.05 Å². The highest BCUT2D eigenvalue weighted by Gasteiger charge is 2.14. The molecule has 0 aromatic carbocycles. The van der Waals surface area contributed by atoms with Gasteiger partial charge in [-0.05, 0) is 20.3 Å². The van der Waals surface area contributed by atoms with Crippen LogP contribution in [-0.2, 0) is 18.4 Å². The molecule has 1 aromatic heterocycles. The molecule has 5 heteroatoms. The van der Waals surface area contributed by atoms with Gasteiger partial charge in [0.15, 0.2) is 0 Å². The highest BCUT2D eigenvalue weighted by atomic mass is 79.9. The fraction of sp³-hybridized carbons (Fsp3) is 0.636. The molecule has 1 N–H and O–H groups in total. The fourth-order valence-electron chi connectivity index (χ4n) is 1.54. The molecule has 1 heterocycles. The van der Waals surface area contributed by atoms with E-state index in [0.717, 1.165) is 23.4 Å². The third kappa shape index (κ3) is 2.84. The number of rotatable bonds is 4. The lowest BCUT2D eigenvalue weighted by Crippen LogP contribution is -2.30. The molecule has 0 saturated heterocycles. The first-order valence-corrected chi connectivity index (χ1v) is 6.29. The Hall–Kier alpha value is -0.840. The number of nitrogens with zero attached hydrogens (tertiary/aromatic N) is 2. The molecule has 90 valence electrons. The van der Waals surface area contributed by atoms with Crippen LogP contribution in [0.2, 0.25) is 0 Å². The summed E-state index contributed by atoms with van der Waals surface area (Å²) in [5.74, 6) is 0.0325. The summed E-state index contributed by atoms with van der Waals surface area (Å²) in [7, 11) is 1.91. The van der Waals surface area contributed by atoms with E-state index in [9.17, 15) is 4.79 Å². The van der Waals surface area contributed by atoms with Crippen LogP contribution in [0.5, 0.6) is 0 Å². The Balaban J connectivity index is 2.65. The van der Waals surface area contributed by atoms with Gasteiger partial charge in [0.05, 0.1) is 10.5 Å². The van der Waals surface area contributed by atoms with Gasteiger partial charge in [-0.2, -0.15) is 5.10 Å². The van der Waals surface area contributed by atoms with E-state index in [2.05, 4.69) is 26.3 Å². The van der Waals surface area contributed by atoms with E-state index in [-0.39, 0.29) is 10.7 Å². The van der Waals surface area contributed by atoms with Crippen molar-refractivity contribution >= 4 is 21.8 Å². The van der Waals surface area contributed by atoms with Crippen LogP contribution >= 0.6 is 15.9 Å². The Morgan fingerprint density at radius 3 is 2.62 bits per heavy atom. The molecule has 1 atom stereocenters. The number of nitrogens with one attached hydrogen (secondary N) is 1. The van der Waals surface area contributed by atoms with Crippen molar-refractivity contribution < 1.29 is 4.79 Å². The summed E-state index contributed by atoms with van der Waals surface area (Å²) < 4.78 is 1.84. The van der Waals surface area contributed by atoms with Gasteiger partial charge in [-0.3, -0.25) is 9.48 Å². The van der Waals surface area contributed by atoms with Crippen LogP contribution in [0.15, 0.2) is 0 Å². The van der Waals surface area contributed by atoms with Crippen molar-refractivity contribution in [3.63, 3.8) is 0 Å². The van der Waals surface area contributed by atoms with Gasteiger partial charge in [0.1, 0.15) is 0 Å². The van der Waals surface area contributed by atoms with Crippen LogP contribution in [0.3, 0.4) is 0 Å². The monoisotopic (exact) mass is 287 g/mol. The van der Waals surface area contributed by atoms with E-state index in [1.54, 1.807) is 0 Å². The highest BCUT2D eigenvalue weighted by Crippen LogP contribution is 2.12. The average Bonchev–Trinajstić information content (AvgIpc) is 2.49. The largest absolute Gasteiger partial charge is 0.351 e. The molecule has 0 aliphatic carbocycles. The fourth-order valence-corrected chi connectivity index (χ4v) is 1.71. The number of hydrogen-bond donors (Lipinski definition) is 1. The van der Waals surface area contributed by atoms with Crippen LogP contribution in [0.4, 0.5) is 0 Å². The molecular weight excluding hydrogens is 270 g/mol. The van der Waals surface area contributed by atoms with Gasteiger partial charge < -0.3 is 5.32 Å². The van der Waals surface area contributed by atoms with E-state index in [1.807, 2.05) is 32.5 Å². The lowest BCUT2D eigenvalue weighted by molar-refractivity contribution is -0.120. The number of halogens is 1. The van der Waals surface area contributed by atoms with E-state index in [4.69, 9.17) is 0 Å². The summed E-state index contributed by atoms with van der Waals surface area (Å²) >= 11 is 3.33. The van der Waals surface area contributed by atoms with E-state index in [1.165, 1.54) is 0 Å². The Kier molecular flexibility index (Phi) is 4.53. The maximum absolute atomic E-state index is 11.6. The van der Waals surface area contributed by atoms with Crippen LogP contribution in [-0.4, -0.2) is 20.5 Å². The minimum Gasteiger partial charge on any atom is -0.351 e. The van der Waals surface area contributed by atoms with Gasteiger partial charge >= 0.3 is 0 Å². The SMILES string of the molecule is CCC(Br)C(=O)NCc1c(C)nn(C)c1C. The third-order valence-corrected chi connectivity index (χ3v) is 3.80. The number of aromatic nitrogens is 2. The Bertz CT molecular complexity index is 387. The summed E-state index contributed by atoms with van der Waals surface area (Å²) in [6.07, 6.45) is 0.789. The van der Waals surface area contributed by atoms with E-state index >= 15 is 0 Å². The van der Waals surface area contributed by atoms with Crippen molar-refractivity contribution in [1.82, 2.24) is 15.1 Å². The second-order valence-corrected chi connectivity index (χ2v) is 4.97. The minimum atomic E-state index is -0.107. The molecule has 16 heavy (non-hydrogen) atoms. The number of carbonyl (C=O) groups excluding carboxylic acids is 1. The Morgan fingerprint density at radius 1 is 1.56 bits per heavy atom. The van der Waals surface area contributed by atoms with Gasteiger partial charge in [-0.1, -0.05) is 22.9 Å². The van der Waals surface area contributed by atoms with Crippen molar-refractivity contribution in [1.29, 1.82) is 0 Å². The van der Waals surface area contributed by atoms with Gasteiger partial charge in [-0.15, -0.1) is 0 Å². The number of amides is 1. The topological polar surface area (TPSA) is 46.9 Å². The first-order valence-electron chi connectivity index (χ1n) is 5.38. The lowest BCUT2D eigenvalue weighted by Gasteiger charge is -2.08. The van der Waals surface area contributed by atoms with Crippen LogP contribution in [0.25, 0.3) is 0 Å². The summed E-state index contributed by atoms with van der Waals surface area (Å²) in [6.45, 7) is 6.48. The second-order valence-electron chi connectivity index (χ2n) is 3.87. The van der Waals surface area contributed by atoms with Crippen LogP contribution in [0.1, 0.15) is 30.3 Å². The van der Waals surface area contributed by atoms with Crippen molar-refractivity contribution in [3.8, 4) is 0 Å². The summed E-state index contributed by atoms with van der Waals surface area (Å²) in [5.41, 5.74) is 3.18. The van der Waals surface area contributed by atoms with Crippen LogP contribution < -0.4 is 5.32 Å². The Labute approximate surface area is 105 Å². The molecule has 0 radical (unpaired) electrons. The zero-order valence-electron chi connectivity index (χ0n) is 10.2. The van der Waals surface area contributed by atoms with Crippen molar-refractivity contribution in [2.45, 2.75) is 38.6 Å². The molecule has 1 amide bonds. The van der Waals surface area contributed by atoms with Gasteiger partial charge in [0, 0.05) is 24.8 Å². The zero-order chi connectivity index (χ0) is 12.3. The maximum atomic E-state index is 11.6. The molecular formula is C11H18BrN3O. The van der Waals surface area contributed by atoms with E-state index < -0.39 is 0 Å². The molecule has 0 spiro atoms. The van der Waals surface area contributed by atoms with E-state index in [0.29, 0.717) is 6.54 Å². The molecule has 0 aliphatic heterocycles. The number of alkyl halides is 1. The lowest BCUT2D eigenvalue weighted by atomic mass is 10.2. The molecule has 0 bridgehead atoms. The maximum Gasteiger partial charge on any atom is 0.234 e. The molecule has 1 rings (SSSR count). The number of carbonyl (C=O) groups is 1. The zero-order valence-corrected chi connectivity index (χ0v) is 11.8. The highest BCUT2D eigenvalue weighted by molar-refractivity contribution is 9.10. The van der Waals surface area contributed by atoms with Gasteiger partial charge in [0.2, 0.25) is 5.91 Å². The average molecular weight is 288 g/mol. The Morgan fingerprint density at radius 2 is 2.19 bits per heavy atom. The molecule has 1 aromatic rings. The predicted molar refractivity (Wildman–Crippen MR) is 67.5 cm³/mol. The molecule has 0 aliphatic rings.